The summed E-state index contributed by atoms with van der Waals surface area (Å²) in [6.07, 6.45) is 4.21. The van der Waals surface area contributed by atoms with Gasteiger partial charge in [-0.25, -0.2) is 15.0 Å². The Labute approximate surface area is 120 Å². The highest BCUT2D eigenvalue weighted by Crippen LogP contribution is 2.40. The van der Waals surface area contributed by atoms with Crippen LogP contribution in [0.5, 0.6) is 0 Å². The van der Waals surface area contributed by atoms with Gasteiger partial charge in [-0.05, 0) is 31.9 Å². The Morgan fingerprint density at radius 3 is 2.95 bits per heavy atom. The predicted octanol–water partition coefficient (Wildman–Crippen LogP) is 2.91. The molecule has 3 aromatic rings. The molecule has 0 saturated heterocycles. The van der Waals surface area contributed by atoms with E-state index in [-0.39, 0.29) is 6.04 Å². The van der Waals surface area contributed by atoms with Crippen LogP contribution in [0, 0.1) is 0 Å². The van der Waals surface area contributed by atoms with Crippen molar-refractivity contribution in [2.45, 2.75) is 31.8 Å². The summed E-state index contributed by atoms with van der Waals surface area (Å²) in [4.78, 5) is 13.8. The van der Waals surface area contributed by atoms with Crippen LogP contribution in [0.25, 0.3) is 22.7 Å². The second kappa shape index (κ2) is 4.36. The van der Waals surface area contributed by atoms with Gasteiger partial charge in [0.25, 0.3) is 0 Å². The van der Waals surface area contributed by atoms with Gasteiger partial charge < -0.3 is 10.3 Å². The average molecular weight is 285 g/mol. The molecule has 1 unspecified atom stereocenters. The van der Waals surface area contributed by atoms with E-state index in [0.29, 0.717) is 6.04 Å². The second-order valence-corrected chi connectivity index (χ2v) is 6.13. The van der Waals surface area contributed by atoms with E-state index in [9.17, 15) is 0 Å². The Hall–Kier alpha value is -1.79. The molecule has 1 atom stereocenters. The highest BCUT2D eigenvalue weighted by atomic mass is 32.1. The van der Waals surface area contributed by atoms with Gasteiger partial charge in [0.2, 0.25) is 0 Å². The maximum Gasteiger partial charge on any atom is 0.162 e. The molecule has 6 heteroatoms. The largest absolute Gasteiger partial charge is 0.322 e. The van der Waals surface area contributed by atoms with E-state index >= 15 is 0 Å². The summed E-state index contributed by atoms with van der Waals surface area (Å²) in [7, 11) is 0. The van der Waals surface area contributed by atoms with Crippen molar-refractivity contribution in [3.8, 4) is 11.5 Å². The molecule has 1 saturated carbocycles. The zero-order valence-corrected chi connectivity index (χ0v) is 12.0. The predicted molar refractivity (Wildman–Crippen MR) is 79.5 cm³/mol. The Morgan fingerprint density at radius 1 is 1.40 bits per heavy atom. The molecule has 4 rings (SSSR count). The first-order valence-corrected chi connectivity index (χ1v) is 7.66. The van der Waals surface area contributed by atoms with Gasteiger partial charge in [0.05, 0.1) is 6.04 Å². The van der Waals surface area contributed by atoms with Gasteiger partial charge in [-0.1, -0.05) is 0 Å². The van der Waals surface area contributed by atoms with Crippen LogP contribution in [-0.4, -0.2) is 19.5 Å². The summed E-state index contributed by atoms with van der Waals surface area (Å²) in [5, 5.41) is 2.99. The average Bonchev–Trinajstić information content (AvgIpc) is 3.04. The highest BCUT2D eigenvalue weighted by molar-refractivity contribution is 7.10. The number of rotatable bonds is 3. The maximum atomic E-state index is 5.90. The van der Waals surface area contributed by atoms with Crippen molar-refractivity contribution in [3.05, 3.63) is 28.7 Å². The number of imidazole rings is 1. The van der Waals surface area contributed by atoms with Crippen molar-refractivity contribution in [2.75, 3.05) is 0 Å². The van der Waals surface area contributed by atoms with Crippen LogP contribution in [0.2, 0.25) is 0 Å². The van der Waals surface area contributed by atoms with Crippen LogP contribution in [0.3, 0.4) is 0 Å². The summed E-state index contributed by atoms with van der Waals surface area (Å²) in [5.41, 5.74) is 8.70. The molecule has 0 radical (unpaired) electrons. The number of hydrogen-bond donors (Lipinski definition) is 1. The summed E-state index contributed by atoms with van der Waals surface area (Å²) < 4.78 is 2.23. The normalized spacial score (nSPS) is 16.7. The third kappa shape index (κ3) is 1.83. The Bertz CT molecular complexity index is 769. The van der Waals surface area contributed by atoms with Crippen LogP contribution in [0.1, 0.15) is 36.9 Å². The van der Waals surface area contributed by atoms with E-state index in [1.807, 2.05) is 30.6 Å². The monoisotopic (exact) mass is 285 g/mol. The lowest BCUT2D eigenvalue weighted by Crippen LogP contribution is -2.04. The van der Waals surface area contributed by atoms with Gasteiger partial charge in [0.1, 0.15) is 16.2 Å². The van der Waals surface area contributed by atoms with E-state index in [1.54, 1.807) is 11.3 Å². The van der Waals surface area contributed by atoms with Crippen molar-refractivity contribution in [2.24, 2.45) is 5.73 Å². The summed E-state index contributed by atoms with van der Waals surface area (Å²) in [6.45, 7) is 1.95. The van der Waals surface area contributed by atoms with Crippen molar-refractivity contribution < 1.29 is 0 Å². The first kappa shape index (κ1) is 12.0. The fourth-order valence-corrected chi connectivity index (χ4v) is 3.14. The quantitative estimate of drug-likeness (QED) is 0.803. The Kier molecular flexibility index (Phi) is 2.61. The number of aromatic nitrogens is 4. The zero-order valence-electron chi connectivity index (χ0n) is 11.2. The molecule has 0 amide bonds. The van der Waals surface area contributed by atoms with E-state index in [4.69, 9.17) is 10.7 Å². The van der Waals surface area contributed by atoms with Crippen LogP contribution >= 0.6 is 11.3 Å². The number of nitrogens with two attached hydrogens (primary N) is 1. The molecule has 0 aromatic carbocycles. The minimum atomic E-state index is -0.0365. The topological polar surface area (TPSA) is 69.6 Å². The van der Waals surface area contributed by atoms with Crippen molar-refractivity contribution in [1.82, 2.24) is 19.5 Å². The molecule has 1 aliphatic rings. The Morgan fingerprint density at radius 2 is 2.25 bits per heavy atom. The first-order chi connectivity index (χ1) is 9.74. The van der Waals surface area contributed by atoms with E-state index in [0.717, 1.165) is 27.7 Å². The molecule has 5 nitrogen and oxygen atoms in total. The van der Waals surface area contributed by atoms with E-state index in [1.165, 1.54) is 12.8 Å². The number of fused-ring (bicyclic) bond motifs is 1. The minimum Gasteiger partial charge on any atom is -0.322 e. The molecule has 0 spiro atoms. The van der Waals surface area contributed by atoms with Crippen molar-refractivity contribution in [1.29, 1.82) is 0 Å². The molecule has 20 heavy (non-hydrogen) atoms. The van der Waals surface area contributed by atoms with Crippen LogP contribution in [-0.2, 0) is 0 Å². The number of hydrogen-bond acceptors (Lipinski definition) is 5. The second-order valence-electron chi connectivity index (χ2n) is 5.24. The van der Waals surface area contributed by atoms with Gasteiger partial charge in [0.15, 0.2) is 11.5 Å². The van der Waals surface area contributed by atoms with Gasteiger partial charge >= 0.3 is 0 Å². The van der Waals surface area contributed by atoms with Gasteiger partial charge in [-0.2, -0.15) is 0 Å². The Balaban J connectivity index is 1.91. The van der Waals surface area contributed by atoms with E-state index < -0.39 is 0 Å². The molecule has 1 fully saturated rings. The van der Waals surface area contributed by atoms with Crippen LogP contribution in [0.4, 0.5) is 0 Å². The lowest BCUT2D eigenvalue weighted by atomic mass is 10.4. The zero-order chi connectivity index (χ0) is 13.7. The number of pyridine rings is 1. The van der Waals surface area contributed by atoms with Crippen molar-refractivity contribution in [3.63, 3.8) is 0 Å². The lowest BCUT2D eigenvalue weighted by molar-refractivity contribution is 0.761. The first-order valence-electron chi connectivity index (χ1n) is 6.78. The molecule has 0 aliphatic heterocycles. The fourth-order valence-electron chi connectivity index (χ4n) is 2.39. The fraction of sp³-hybridized carbons (Fsp3) is 0.357. The summed E-state index contributed by atoms with van der Waals surface area (Å²) in [6, 6.07) is 4.41. The molecule has 0 bridgehead atoms. The highest BCUT2D eigenvalue weighted by Gasteiger charge is 2.30. The molecule has 102 valence electrons. The SMILES string of the molecule is CC(N)c1nc(-c2nc3cccnc3n2C2CC2)cs1. The van der Waals surface area contributed by atoms with Gasteiger partial charge in [0, 0.05) is 17.6 Å². The number of nitrogens with zero attached hydrogens (tertiary/aromatic N) is 4. The van der Waals surface area contributed by atoms with Crippen LogP contribution in [0.15, 0.2) is 23.7 Å². The van der Waals surface area contributed by atoms with Crippen molar-refractivity contribution >= 4 is 22.5 Å². The molecule has 3 heterocycles. The molecular weight excluding hydrogens is 270 g/mol. The third-order valence-corrected chi connectivity index (χ3v) is 4.55. The maximum absolute atomic E-state index is 5.90. The minimum absolute atomic E-state index is 0.0365. The number of thiazole rings is 1. The summed E-state index contributed by atoms with van der Waals surface area (Å²) >= 11 is 1.59. The standard InChI is InChI=1S/C14H15N5S/c1-8(15)14-18-11(7-20-14)13-17-10-3-2-6-16-12(10)19(13)9-4-5-9/h2-3,6-9H,4-5,15H2,1H3. The lowest BCUT2D eigenvalue weighted by Gasteiger charge is -2.04. The van der Waals surface area contributed by atoms with Crippen LogP contribution < -0.4 is 5.73 Å². The summed E-state index contributed by atoms with van der Waals surface area (Å²) in [5.74, 6) is 0.921. The smallest absolute Gasteiger partial charge is 0.162 e. The van der Waals surface area contributed by atoms with Gasteiger partial charge in [-0.15, -0.1) is 11.3 Å². The molecule has 3 aromatic heterocycles. The van der Waals surface area contributed by atoms with Gasteiger partial charge in [-0.3, -0.25) is 0 Å². The molecular formula is C14H15N5S. The van der Waals surface area contributed by atoms with E-state index in [2.05, 4.69) is 14.5 Å². The molecule has 2 N–H and O–H groups in total. The molecule has 1 aliphatic carbocycles. The third-order valence-electron chi connectivity index (χ3n) is 3.50.